The SMILES string of the molecule is O=C(O)c1nn(-c2ccc3nccnc3c2)cc1O. The number of benzene rings is 1. The molecule has 7 nitrogen and oxygen atoms in total. The molecule has 3 rings (SSSR count). The van der Waals surface area contributed by atoms with Crippen LogP contribution in [0.3, 0.4) is 0 Å². The van der Waals surface area contributed by atoms with Crippen molar-refractivity contribution in [3.63, 3.8) is 0 Å². The molecule has 0 aliphatic heterocycles. The Morgan fingerprint density at radius 1 is 1.16 bits per heavy atom. The van der Waals surface area contributed by atoms with E-state index >= 15 is 0 Å². The fourth-order valence-electron chi connectivity index (χ4n) is 1.74. The van der Waals surface area contributed by atoms with Crippen molar-refractivity contribution in [1.29, 1.82) is 0 Å². The molecular formula is C12H8N4O3. The highest BCUT2D eigenvalue weighted by molar-refractivity contribution is 5.88. The summed E-state index contributed by atoms with van der Waals surface area (Å²) in [6, 6.07) is 5.17. The third-order valence-corrected chi connectivity index (χ3v) is 2.61. The van der Waals surface area contributed by atoms with E-state index in [9.17, 15) is 9.90 Å². The van der Waals surface area contributed by atoms with Crippen molar-refractivity contribution in [3.8, 4) is 11.4 Å². The van der Waals surface area contributed by atoms with Crippen molar-refractivity contribution >= 4 is 17.0 Å². The van der Waals surface area contributed by atoms with Crippen LogP contribution in [0.5, 0.6) is 5.75 Å². The van der Waals surface area contributed by atoms with E-state index in [1.54, 1.807) is 30.6 Å². The Hall–Kier alpha value is -2.96. The molecule has 0 bridgehead atoms. The van der Waals surface area contributed by atoms with Gasteiger partial charge >= 0.3 is 5.97 Å². The number of carboxylic acid groups (broad SMARTS) is 1. The van der Waals surface area contributed by atoms with Gasteiger partial charge in [-0.25, -0.2) is 9.48 Å². The maximum absolute atomic E-state index is 10.8. The molecule has 3 aromatic rings. The zero-order valence-electron chi connectivity index (χ0n) is 9.56. The molecule has 2 aromatic heterocycles. The van der Waals surface area contributed by atoms with Gasteiger partial charge in [-0.2, -0.15) is 5.10 Å². The molecule has 0 radical (unpaired) electrons. The zero-order chi connectivity index (χ0) is 13.4. The molecule has 2 N–H and O–H groups in total. The predicted molar refractivity (Wildman–Crippen MR) is 65.3 cm³/mol. The van der Waals surface area contributed by atoms with Crippen molar-refractivity contribution in [1.82, 2.24) is 19.7 Å². The molecule has 0 fully saturated rings. The second kappa shape index (κ2) is 4.05. The minimum Gasteiger partial charge on any atom is -0.504 e. The summed E-state index contributed by atoms with van der Waals surface area (Å²) < 4.78 is 1.28. The van der Waals surface area contributed by atoms with Crippen LogP contribution in [0.4, 0.5) is 0 Å². The van der Waals surface area contributed by atoms with Gasteiger partial charge in [-0.3, -0.25) is 9.97 Å². The lowest BCUT2D eigenvalue weighted by Gasteiger charge is -2.01. The molecule has 0 saturated carbocycles. The van der Waals surface area contributed by atoms with Crippen LogP contribution in [0, 0.1) is 0 Å². The van der Waals surface area contributed by atoms with Crippen LogP contribution in [-0.2, 0) is 0 Å². The third kappa shape index (κ3) is 1.86. The van der Waals surface area contributed by atoms with Crippen LogP contribution >= 0.6 is 0 Å². The highest BCUT2D eigenvalue weighted by Gasteiger charge is 2.15. The maximum atomic E-state index is 10.8. The fourth-order valence-corrected chi connectivity index (χ4v) is 1.74. The number of aromatic carboxylic acids is 1. The molecule has 2 heterocycles. The van der Waals surface area contributed by atoms with E-state index in [0.29, 0.717) is 11.2 Å². The topological polar surface area (TPSA) is 101 Å². The average Bonchev–Trinajstić information content (AvgIpc) is 2.80. The predicted octanol–water partition coefficient (Wildman–Crippen LogP) is 1.22. The molecule has 0 unspecified atom stereocenters. The summed E-state index contributed by atoms with van der Waals surface area (Å²) in [6.07, 6.45) is 4.39. The van der Waals surface area contributed by atoms with Crippen LogP contribution in [0.2, 0.25) is 0 Å². The highest BCUT2D eigenvalue weighted by atomic mass is 16.4. The summed E-state index contributed by atoms with van der Waals surface area (Å²) >= 11 is 0. The van der Waals surface area contributed by atoms with Crippen LogP contribution in [0.15, 0.2) is 36.8 Å². The molecule has 0 spiro atoms. The number of carbonyl (C=O) groups is 1. The van der Waals surface area contributed by atoms with Gasteiger partial charge in [0, 0.05) is 12.4 Å². The molecule has 0 saturated heterocycles. The highest BCUT2D eigenvalue weighted by Crippen LogP contribution is 2.20. The number of hydrogen-bond acceptors (Lipinski definition) is 5. The quantitative estimate of drug-likeness (QED) is 0.714. The minimum atomic E-state index is -1.28. The summed E-state index contributed by atoms with van der Waals surface area (Å²) in [5, 5.41) is 22.1. The van der Waals surface area contributed by atoms with Crippen molar-refractivity contribution in [3.05, 3.63) is 42.5 Å². The first-order chi connectivity index (χ1) is 9.15. The molecule has 1 aromatic carbocycles. The molecule has 0 aliphatic carbocycles. The smallest absolute Gasteiger partial charge is 0.360 e. The lowest BCUT2D eigenvalue weighted by Crippen LogP contribution is -2.01. The number of fused-ring (bicyclic) bond motifs is 1. The van der Waals surface area contributed by atoms with E-state index in [-0.39, 0.29) is 11.4 Å². The zero-order valence-corrected chi connectivity index (χ0v) is 9.56. The van der Waals surface area contributed by atoms with Crippen LogP contribution in [0.25, 0.3) is 16.7 Å². The Balaban J connectivity index is 2.13. The second-order valence-corrected chi connectivity index (χ2v) is 3.84. The van der Waals surface area contributed by atoms with Gasteiger partial charge in [0.15, 0.2) is 5.75 Å². The Bertz CT molecular complexity index is 781. The first kappa shape index (κ1) is 11.1. The number of nitrogens with zero attached hydrogens (tertiary/aromatic N) is 4. The van der Waals surface area contributed by atoms with Crippen LogP contribution in [0.1, 0.15) is 10.5 Å². The monoisotopic (exact) mass is 256 g/mol. The van der Waals surface area contributed by atoms with E-state index in [1.165, 1.54) is 10.9 Å². The Labute approximate surface area is 106 Å². The van der Waals surface area contributed by atoms with Gasteiger partial charge in [0.05, 0.1) is 22.9 Å². The Morgan fingerprint density at radius 3 is 2.58 bits per heavy atom. The number of aromatic hydroxyl groups is 1. The number of aromatic nitrogens is 4. The van der Waals surface area contributed by atoms with Gasteiger partial charge in [0.25, 0.3) is 0 Å². The van der Waals surface area contributed by atoms with Gasteiger partial charge in [0.2, 0.25) is 5.69 Å². The summed E-state index contributed by atoms with van der Waals surface area (Å²) in [5.41, 5.74) is 1.59. The lowest BCUT2D eigenvalue weighted by atomic mass is 10.2. The van der Waals surface area contributed by atoms with E-state index < -0.39 is 5.97 Å². The molecule has 0 aliphatic rings. The van der Waals surface area contributed by atoms with E-state index in [1.807, 2.05) is 0 Å². The van der Waals surface area contributed by atoms with Crippen LogP contribution in [-0.4, -0.2) is 35.9 Å². The van der Waals surface area contributed by atoms with Gasteiger partial charge < -0.3 is 10.2 Å². The average molecular weight is 256 g/mol. The number of rotatable bonds is 2. The Kier molecular flexibility index (Phi) is 2.38. The van der Waals surface area contributed by atoms with E-state index in [2.05, 4.69) is 15.1 Å². The standard InChI is InChI=1S/C12H8N4O3/c17-10-6-16(15-11(10)12(18)19)7-1-2-8-9(5-7)14-4-3-13-8/h1-6,17H,(H,18,19). The third-order valence-electron chi connectivity index (χ3n) is 2.61. The molecule has 0 amide bonds. The summed E-state index contributed by atoms with van der Waals surface area (Å²) in [5.74, 6) is -1.66. The molecular weight excluding hydrogens is 248 g/mol. The maximum Gasteiger partial charge on any atom is 0.360 e. The van der Waals surface area contributed by atoms with Crippen molar-refractivity contribution in [2.24, 2.45) is 0 Å². The first-order valence-corrected chi connectivity index (χ1v) is 5.38. The number of carboxylic acids is 1. The van der Waals surface area contributed by atoms with E-state index in [0.717, 1.165) is 5.52 Å². The minimum absolute atomic E-state index is 0.383. The van der Waals surface area contributed by atoms with Crippen molar-refractivity contribution in [2.45, 2.75) is 0 Å². The van der Waals surface area contributed by atoms with Crippen LogP contribution < -0.4 is 0 Å². The molecule has 0 atom stereocenters. The summed E-state index contributed by atoms with van der Waals surface area (Å²) in [7, 11) is 0. The molecule has 94 valence electrons. The first-order valence-electron chi connectivity index (χ1n) is 5.38. The normalized spacial score (nSPS) is 10.7. The summed E-state index contributed by atoms with van der Waals surface area (Å²) in [4.78, 5) is 19.1. The second-order valence-electron chi connectivity index (χ2n) is 3.84. The summed E-state index contributed by atoms with van der Waals surface area (Å²) in [6.45, 7) is 0. The van der Waals surface area contributed by atoms with Gasteiger partial charge in [0.1, 0.15) is 0 Å². The molecule has 7 heteroatoms. The van der Waals surface area contributed by atoms with Gasteiger partial charge in [-0.1, -0.05) is 0 Å². The lowest BCUT2D eigenvalue weighted by molar-refractivity contribution is 0.0687. The fraction of sp³-hybridized carbons (Fsp3) is 0. The van der Waals surface area contributed by atoms with Gasteiger partial charge in [-0.15, -0.1) is 0 Å². The largest absolute Gasteiger partial charge is 0.504 e. The van der Waals surface area contributed by atoms with Crippen molar-refractivity contribution < 1.29 is 15.0 Å². The van der Waals surface area contributed by atoms with Gasteiger partial charge in [-0.05, 0) is 18.2 Å². The van der Waals surface area contributed by atoms with E-state index in [4.69, 9.17) is 5.11 Å². The Morgan fingerprint density at radius 2 is 1.89 bits per heavy atom. The van der Waals surface area contributed by atoms with Crippen molar-refractivity contribution in [2.75, 3.05) is 0 Å². The molecule has 19 heavy (non-hydrogen) atoms. The number of hydrogen-bond donors (Lipinski definition) is 2.